The van der Waals surface area contributed by atoms with Gasteiger partial charge in [0.25, 0.3) is 0 Å². The number of hydrogen-bond donors (Lipinski definition) is 2. The summed E-state index contributed by atoms with van der Waals surface area (Å²) in [6, 6.07) is 3.08. The summed E-state index contributed by atoms with van der Waals surface area (Å²) in [5.41, 5.74) is -0.148. The van der Waals surface area contributed by atoms with Crippen LogP contribution in [0, 0.1) is 0 Å². The molecule has 0 saturated heterocycles. The molecule has 0 spiro atoms. The Balaban J connectivity index is 1.96. The lowest BCUT2D eigenvalue weighted by Crippen LogP contribution is -2.15. The second-order valence-electron chi connectivity index (χ2n) is 3.66. The molecule has 0 atom stereocenters. The second kappa shape index (κ2) is 4.67. The number of anilines is 1. The van der Waals surface area contributed by atoms with Crippen molar-refractivity contribution in [3.63, 3.8) is 0 Å². The standard InChI is InChI=1S/C9H10F3N5O/c10-9(11,12)4-1-5-13-6-2-3-7-14-15-8(18)17(7)16-6/h2-3H,1,4-5H2,(H,13,16)(H,15,18). The van der Waals surface area contributed by atoms with Gasteiger partial charge < -0.3 is 5.32 Å². The number of hydrogen-bond acceptors (Lipinski definition) is 4. The number of nitrogens with one attached hydrogen (secondary N) is 2. The SMILES string of the molecule is O=c1[nH]nc2ccc(NCCCC(F)(F)F)nn12. The lowest BCUT2D eigenvalue weighted by atomic mass is 10.3. The van der Waals surface area contributed by atoms with Crippen LogP contribution in [0.25, 0.3) is 5.65 Å². The van der Waals surface area contributed by atoms with Crippen molar-refractivity contribution in [3.8, 4) is 0 Å². The van der Waals surface area contributed by atoms with Crippen molar-refractivity contribution in [3.05, 3.63) is 22.6 Å². The highest BCUT2D eigenvalue weighted by molar-refractivity contribution is 5.42. The van der Waals surface area contributed by atoms with Crippen molar-refractivity contribution in [1.29, 1.82) is 0 Å². The third kappa shape index (κ3) is 2.99. The Kier molecular flexibility index (Phi) is 3.21. The van der Waals surface area contributed by atoms with Crippen LogP contribution in [0.3, 0.4) is 0 Å². The lowest BCUT2D eigenvalue weighted by molar-refractivity contribution is -0.134. The van der Waals surface area contributed by atoms with Crippen LogP contribution < -0.4 is 11.0 Å². The van der Waals surface area contributed by atoms with Gasteiger partial charge in [0.1, 0.15) is 5.82 Å². The molecule has 0 radical (unpaired) electrons. The number of H-pyrrole nitrogens is 1. The van der Waals surface area contributed by atoms with E-state index in [1.54, 1.807) is 6.07 Å². The topological polar surface area (TPSA) is 75.1 Å². The Morgan fingerprint density at radius 3 is 2.89 bits per heavy atom. The smallest absolute Gasteiger partial charge is 0.369 e. The average molecular weight is 261 g/mol. The first-order valence-corrected chi connectivity index (χ1v) is 5.21. The fourth-order valence-electron chi connectivity index (χ4n) is 1.40. The van der Waals surface area contributed by atoms with E-state index in [1.165, 1.54) is 6.07 Å². The molecule has 0 bridgehead atoms. The number of aromatic nitrogens is 4. The summed E-state index contributed by atoms with van der Waals surface area (Å²) < 4.78 is 36.7. The highest BCUT2D eigenvalue weighted by atomic mass is 19.4. The van der Waals surface area contributed by atoms with E-state index in [4.69, 9.17) is 0 Å². The minimum atomic E-state index is -4.15. The summed E-state index contributed by atoms with van der Waals surface area (Å²) in [4.78, 5) is 11.2. The molecule has 0 aliphatic carbocycles. The highest BCUT2D eigenvalue weighted by Crippen LogP contribution is 2.21. The monoisotopic (exact) mass is 261 g/mol. The Morgan fingerprint density at radius 2 is 2.17 bits per heavy atom. The van der Waals surface area contributed by atoms with Crippen LogP contribution in [0.15, 0.2) is 16.9 Å². The van der Waals surface area contributed by atoms with Crippen LogP contribution in [0.1, 0.15) is 12.8 Å². The summed E-state index contributed by atoms with van der Waals surface area (Å²) in [7, 11) is 0. The Bertz CT molecular complexity index is 588. The first-order chi connectivity index (χ1) is 8.46. The summed E-state index contributed by atoms with van der Waals surface area (Å²) in [6.07, 6.45) is -5.06. The summed E-state index contributed by atoms with van der Waals surface area (Å²) >= 11 is 0. The molecular weight excluding hydrogens is 251 g/mol. The van der Waals surface area contributed by atoms with E-state index in [9.17, 15) is 18.0 Å². The minimum absolute atomic E-state index is 0.0521. The second-order valence-corrected chi connectivity index (χ2v) is 3.66. The third-order valence-corrected chi connectivity index (χ3v) is 2.22. The van der Waals surface area contributed by atoms with Gasteiger partial charge in [-0.05, 0) is 18.6 Å². The van der Waals surface area contributed by atoms with Crippen LogP contribution in [-0.2, 0) is 0 Å². The van der Waals surface area contributed by atoms with Crippen LogP contribution >= 0.6 is 0 Å². The molecule has 98 valence electrons. The van der Waals surface area contributed by atoms with Crippen molar-refractivity contribution in [2.45, 2.75) is 19.0 Å². The molecule has 0 unspecified atom stereocenters. The Labute approximate surface area is 98.8 Å². The summed E-state index contributed by atoms with van der Waals surface area (Å²) in [5, 5.41) is 12.5. The number of aromatic amines is 1. The number of halogens is 3. The van der Waals surface area contributed by atoms with Crippen molar-refractivity contribution in [1.82, 2.24) is 19.8 Å². The van der Waals surface area contributed by atoms with Gasteiger partial charge in [0.05, 0.1) is 0 Å². The lowest BCUT2D eigenvalue weighted by Gasteiger charge is -2.07. The zero-order valence-electron chi connectivity index (χ0n) is 9.16. The van der Waals surface area contributed by atoms with Gasteiger partial charge >= 0.3 is 11.9 Å². The van der Waals surface area contributed by atoms with Gasteiger partial charge in [0, 0.05) is 13.0 Å². The molecule has 0 amide bonds. The van der Waals surface area contributed by atoms with Crippen LogP contribution in [0.4, 0.5) is 19.0 Å². The maximum absolute atomic E-state index is 11.9. The molecule has 0 aromatic carbocycles. The highest BCUT2D eigenvalue weighted by Gasteiger charge is 2.25. The minimum Gasteiger partial charge on any atom is -0.369 e. The molecule has 0 fully saturated rings. The summed E-state index contributed by atoms with van der Waals surface area (Å²) in [5.74, 6) is 0.327. The molecule has 2 N–H and O–H groups in total. The molecule has 6 nitrogen and oxygen atoms in total. The van der Waals surface area contributed by atoms with Gasteiger partial charge in [-0.25, -0.2) is 9.89 Å². The molecule has 0 aliphatic rings. The van der Waals surface area contributed by atoms with Gasteiger partial charge in [0.2, 0.25) is 0 Å². The largest absolute Gasteiger partial charge is 0.389 e. The third-order valence-electron chi connectivity index (χ3n) is 2.22. The molecule has 2 heterocycles. The molecule has 9 heteroatoms. The van der Waals surface area contributed by atoms with E-state index in [2.05, 4.69) is 20.6 Å². The van der Waals surface area contributed by atoms with Gasteiger partial charge in [-0.15, -0.1) is 5.10 Å². The first-order valence-electron chi connectivity index (χ1n) is 5.21. The van der Waals surface area contributed by atoms with Crippen LogP contribution in [0.5, 0.6) is 0 Å². The number of alkyl halides is 3. The zero-order chi connectivity index (χ0) is 13.2. The van der Waals surface area contributed by atoms with E-state index in [0.717, 1.165) is 4.52 Å². The number of nitrogens with zero attached hydrogens (tertiary/aromatic N) is 3. The fourth-order valence-corrected chi connectivity index (χ4v) is 1.40. The van der Waals surface area contributed by atoms with Gasteiger partial charge in [-0.1, -0.05) is 0 Å². The Hall–Kier alpha value is -2.06. The van der Waals surface area contributed by atoms with Crippen molar-refractivity contribution < 1.29 is 13.2 Å². The maximum atomic E-state index is 11.9. The average Bonchev–Trinajstić information content (AvgIpc) is 2.65. The molecule has 2 aromatic heterocycles. The quantitative estimate of drug-likeness (QED) is 0.810. The summed E-state index contributed by atoms with van der Waals surface area (Å²) in [6.45, 7) is 0.130. The van der Waals surface area contributed by atoms with Crippen molar-refractivity contribution in [2.75, 3.05) is 11.9 Å². The molecule has 0 saturated carbocycles. The Morgan fingerprint density at radius 1 is 1.39 bits per heavy atom. The van der Waals surface area contributed by atoms with E-state index in [-0.39, 0.29) is 13.0 Å². The van der Waals surface area contributed by atoms with Gasteiger partial charge in [-0.3, -0.25) is 0 Å². The number of rotatable bonds is 4. The van der Waals surface area contributed by atoms with Crippen molar-refractivity contribution >= 4 is 11.5 Å². The normalized spacial score (nSPS) is 11.9. The molecular formula is C9H10F3N5O. The maximum Gasteiger partial charge on any atom is 0.389 e. The van der Waals surface area contributed by atoms with Crippen LogP contribution in [-0.4, -0.2) is 32.5 Å². The van der Waals surface area contributed by atoms with Gasteiger partial charge in [-0.2, -0.15) is 22.8 Å². The first kappa shape index (κ1) is 12.4. The molecule has 0 aliphatic heterocycles. The van der Waals surface area contributed by atoms with Crippen LogP contribution in [0.2, 0.25) is 0 Å². The van der Waals surface area contributed by atoms with E-state index >= 15 is 0 Å². The number of fused-ring (bicyclic) bond motifs is 1. The van der Waals surface area contributed by atoms with E-state index < -0.39 is 18.3 Å². The van der Waals surface area contributed by atoms with E-state index in [1.807, 2.05) is 0 Å². The zero-order valence-corrected chi connectivity index (χ0v) is 9.16. The molecule has 2 rings (SSSR count). The van der Waals surface area contributed by atoms with E-state index in [0.29, 0.717) is 11.5 Å². The van der Waals surface area contributed by atoms with Gasteiger partial charge in [0.15, 0.2) is 5.65 Å². The molecule has 18 heavy (non-hydrogen) atoms. The predicted molar refractivity (Wildman–Crippen MR) is 57.4 cm³/mol. The van der Waals surface area contributed by atoms with Crippen molar-refractivity contribution in [2.24, 2.45) is 0 Å². The predicted octanol–water partition coefficient (Wildman–Crippen LogP) is 1.17. The molecule has 2 aromatic rings. The fraction of sp³-hybridized carbons (Fsp3) is 0.444.